The highest BCUT2D eigenvalue weighted by Gasteiger charge is 2.16. The van der Waals surface area contributed by atoms with Gasteiger partial charge in [-0.3, -0.25) is 4.79 Å². The second-order valence-electron chi connectivity index (χ2n) is 8.60. The lowest BCUT2D eigenvalue weighted by Crippen LogP contribution is -2.13. The number of amides is 1. The molecule has 0 atom stereocenters. The van der Waals surface area contributed by atoms with Gasteiger partial charge in [-0.15, -0.1) is 0 Å². The van der Waals surface area contributed by atoms with Crippen molar-refractivity contribution in [2.24, 2.45) is 0 Å². The molecule has 0 aromatic heterocycles. The number of nitriles is 1. The predicted molar refractivity (Wildman–Crippen MR) is 151 cm³/mol. The molecule has 0 aliphatic carbocycles. The van der Waals surface area contributed by atoms with E-state index >= 15 is 0 Å². The molecule has 1 amide bonds. The minimum atomic E-state index is -0.620. The van der Waals surface area contributed by atoms with E-state index in [0.29, 0.717) is 28.3 Å². The number of anilines is 1. The fourth-order valence-corrected chi connectivity index (χ4v) is 4.34. The fraction of sp³-hybridized carbons (Fsp3) is 0.129. The summed E-state index contributed by atoms with van der Waals surface area (Å²) in [7, 11) is 2.78. The maximum Gasteiger partial charge on any atom is 0.337 e. The minimum Gasteiger partial charge on any atom is -0.493 e. The van der Waals surface area contributed by atoms with Crippen molar-refractivity contribution in [3.05, 3.63) is 106 Å². The lowest BCUT2D eigenvalue weighted by Gasteiger charge is -2.16. The first-order valence-electron chi connectivity index (χ1n) is 11.9. The molecule has 0 fully saturated rings. The zero-order valence-corrected chi connectivity index (χ0v) is 22.3. The van der Waals surface area contributed by atoms with Gasteiger partial charge in [0.2, 0.25) is 0 Å². The Morgan fingerprint density at radius 1 is 1.03 bits per heavy atom. The molecule has 4 aromatic carbocycles. The van der Waals surface area contributed by atoms with Crippen LogP contribution in [0.3, 0.4) is 0 Å². The Kier molecular flexibility index (Phi) is 8.50. The Morgan fingerprint density at radius 3 is 2.46 bits per heavy atom. The van der Waals surface area contributed by atoms with E-state index < -0.39 is 11.9 Å². The number of nitrogens with one attached hydrogen (secondary N) is 1. The molecule has 1 N–H and O–H groups in total. The number of nitrogens with zero attached hydrogens (tertiary/aromatic N) is 1. The Balaban J connectivity index is 1.55. The van der Waals surface area contributed by atoms with E-state index in [1.54, 1.807) is 24.3 Å². The van der Waals surface area contributed by atoms with E-state index in [2.05, 4.69) is 28.3 Å². The van der Waals surface area contributed by atoms with Gasteiger partial charge >= 0.3 is 5.97 Å². The number of methoxy groups -OCH3 is 2. The van der Waals surface area contributed by atoms with Gasteiger partial charge in [-0.1, -0.05) is 48.0 Å². The molecule has 0 aliphatic rings. The molecule has 4 rings (SSSR count). The van der Waals surface area contributed by atoms with Gasteiger partial charge in [0.05, 0.1) is 24.8 Å². The van der Waals surface area contributed by atoms with E-state index in [1.165, 1.54) is 32.4 Å². The molecule has 39 heavy (non-hydrogen) atoms. The fourth-order valence-electron chi connectivity index (χ4n) is 4.07. The van der Waals surface area contributed by atoms with Crippen LogP contribution in [0.2, 0.25) is 5.02 Å². The summed E-state index contributed by atoms with van der Waals surface area (Å²) < 4.78 is 16.3. The van der Waals surface area contributed by atoms with Crippen LogP contribution in [0, 0.1) is 18.3 Å². The van der Waals surface area contributed by atoms with Crippen LogP contribution in [0.1, 0.15) is 27.0 Å². The van der Waals surface area contributed by atoms with E-state index in [1.807, 2.05) is 31.2 Å². The number of esters is 1. The third-order valence-corrected chi connectivity index (χ3v) is 6.41. The number of ether oxygens (including phenoxy) is 3. The third-order valence-electron chi connectivity index (χ3n) is 6.13. The molecule has 196 valence electrons. The smallest absolute Gasteiger partial charge is 0.337 e. The summed E-state index contributed by atoms with van der Waals surface area (Å²) in [6.07, 6.45) is 1.41. The van der Waals surface area contributed by atoms with E-state index in [0.717, 1.165) is 21.9 Å². The van der Waals surface area contributed by atoms with Crippen molar-refractivity contribution in [1.29, 1.82) is 5.26 Å². The van der Waals surface area contributed by atoms with Gasteiger partial charge in [0.25, 0.3) is 5.91 Å². The standard InChI is InChI=1S/C31H25ClN2O5/c1-19-8-9-21-6-4-5-7-25(21)26(19)18-39-29-27(32)15-20(16-28(29)37-2)14-23(17-33)30(35)34-24-12-10-22(11-13-24)31(36)38-3/h4-16H,18H2,1-3H3,(H,34,35)/b23-14+. The van der Waals surface area contributed by atoms with Crippen LogP contribution in [0.15, 0.2) is 78.4 Å². The average Bonchev–Trinajstić information content (AvgIpc) is 2.95. The maximum atomic E-state index is 12.7. The number of fused-ring (bicyclic) bond motifs is 1. The van der Waals surface area contributed by atoms with Gasteiger partial charge in [-0.05, 0) is 71.3 Å². The first-order valence-corrected chi connectivity index (χ1v) is 12.3. The third kappa shape index (κ3) is 6.20. The van der Waals surface area contributed by atoms with Crippen molar-refractivity contribution in [3.8, 4) is 17.6 Å². The number of hydrogen-bond acceptors (Lipinski definition) is 6. The summed E-state index contributed by atoms with van der Waals surface area (Å²) in [6.45, 7) is 2.30. The van der Waals surface area contributed by atoms with Crippen molar-refractivity contribution in [2.45, 2.75) is 13.5 Å². The SMILES string of the molecule is COC(=O)c1ccc(NC(=O)/C(C#N)=C/c2cc(Cl)c(OCc3c(C)ccc4ccccc34)c(OC)c2)cc1. The molecule has 0 radical (unpaired) electrons. The quantitative estimate of drug-likeness (QED) is 0.151. The van der Waals surface area contributed by atoms with Crippen LogP contribution in [-0.2, 0) is 16.1 Å². The Hall–Kier alpha value is -4.80. The Labute approximate surface area is 231 Å². The van der Waals surface area contributed by atoms with E-state index in [9.17, 15) is 14.9 Å². The van der Waals surface area contributed by atoms with E-state index in [-0.39, 0.29) is 17.2 Å². The zero-order chi connectivity index (χ0) is 27.9. The lowest BCUT2D eigenvalue weighted by atomic mass is 10.0. The lowest BCUT2D eigenvalue weighted by molar-refractivity contribution is -0.112. The molecule has 0 heterocycles. The highest BCUT2D eigenvalue weighted by molar-refractivity contribution is 6.32. The van der Waals surface area contributed by atoms with Crippen LogP contribution < -0.4 is 14.8 Å². The second-order valence-corrected chi connectivity index (χ2v) is 9.01. The van der Waals surface area contributed by atoms with Crippen molar-refractivity contribution >= 4 is 46.0 Å². The molecule has 0 saturated carbocycles. The monoisotopic (exact) mass is 540 g/mol. The number of carbonyl (C=O) groups is 2. The highest BCUT2D eigenvalue weighted by Crippen LogP contribution is 2.38. The van der Waals surface area contributed by atoms with Gasteiger partial charge in [-0.25, -0.2) is 4.79 Å². The summed E-state index contributed by atoms with van der Waals surface area (Å²) in [5.74, 6) is -0.388. The summed E-state index contributed by atoms with van der Waals surface area (Å²) in [4.78, 5) is 24.3. The number of halogens is 1. The summed E-state index contributed by atoms with van der Waals surface area (Å²) >= 11 is 6.57. The van der Waals surface area contributed by atoms with Crippen molar-refractivity contribution in [3.63, 3.8) is 0 Å². The molecule has 0 aliphatic heterocycles. The molecule has 7 nitrogen and oxygen atoms in total. The number of carbonyl (C=O) groups excluding carboxylic acids is 2. The van der Waals surface area contributed by atoms with Crippen molar-refractivity contribution < 1.29 is 23.8 Å². The Morgan fingerprint density at radius 2 is 1.77 bits per heavy atom. The number of benzene rings is 4. The van der Waals surface area contributed by atoms with Gasteiger partial charge in [0.1, 0.15) is 18.2 Å². The number of hydrogen-bond donors (Lipinski definition) is 1. The van der Waals surface area contributed by atoms with Crippen molar-refractivity contribution in [2.75, 3.05) is 19.5 Å². The van der Waals surface area contributed by atoms with Crippen LogP contribution in [0.4, 0.5) is 5.69 Å². The molecule has 0 bridgehead atoms. The summed E-state index contributed by atoms with van der Waals surface area (Å²) in [6, 6.07) is 23.5. The Bertz CT molecular complexity index is 1620. The van der Waals surface area contributed by atoms with Gasteiger partial charge in [-0.2, -0.15) is 5.26 Å². The topological polar surface area (TPSA) is 97.7 Å². The van der Waals surface area contributed by atoms with Gasteiger partial charge < -0.3 is 19.5 Å². The minimum absolute atomic E-state index is 0.148. The van der Waals surface area contributed by atoms with Crippen molar-refractivity contribution in [1.82, 2.24) is 0 Å². The average molecular weight is 541 g/mol. The maximum absolute atomic E-state index is 12.7. The molecule has 8 heteroatoms. The molecule has 0 saturated heterocycles. The van der Waals surface area contributed by atoms with Crippen LogP contribution in [-0.4, -0.2) is 26.1 Å². The largest absolute Gasteiger partial charge is 0.493 e. The van der Waals surface area contributed by atoms with Crippen LogP contribution in [0.5, 0.6) is 11.5 Å². The summed E-state index contributed by atoms with van der Waals surface area (Å²) in [5, 5.41) is 14.7. The first kappa shape index (κ1) is 27.2. The van der Waals surface area contributed by atoms with Gasteiger partial charge in [0, 0.05) is 11.3 Å². The normalized spacial score (nSPS) is 11.0. The number of aryl methyl sites for hydroxylation is 1. The molecular weight excluding hydrogens is 516 g/mol. The van der Waals surface area contributed by atoms with Gasteiger partial charge in [0.15, 0.2) is 11.5 Å². The second kappa shape index (κ2) is 12.2. The molecule has 0 spiro atoms. The summed E-state index contributed by atoms with van der Waals surface area (Å²) in [5.41, 5.74) is 3.22. The van der Waals surface area contributed by atoms with E-state index in [4.69, 9.17) is 21.1 Å². The zero-order valence-electron chi connectivity index (χ0n) is 21.6. The predicted octanol–water partition coefficient (Wildman–Crippen LogP) is 6.72. The highest BCUT2D eigenvalue weighted by atomic mass is 35.5. The van der Waals surface area contributed by atoms with Crippen LogP contribution >= 0.6 is 11.6 Å². The first-order chi connectivity index (χ1) is 18.8. The molecule has 4 aromatic rings. The molecule has 0 unspecified atom stereocenters. The number of rotatable bonds is 8. The van der Waals surface area contributed by atoms with Crippen LogP contribution in [0.25, 0.3) is 16.8 Å². The molecular formula is C31H25ClN2O5.